The molecule has 1 aromatic carbocycles. The van der Waals surface area contributed by atoms with Gasteiger partial charge in [0.1, 0.15) is 11.9 Å². The Labute approximate surface area is 190 Å². The predicted octanol–water partition coefficient (Wildman–Crippen LogP) is 1.26. The molecule has 1 aromatic rings. The van der Waals surface area contributed by atoms with E-state index in [2.05, 4.69) is 20.2 Å². The van der Waals surface area contributed by atoms with E-state index < -0.39 is 0 Å². The van der Waals surface area contributed by atoms with Crippen LogP contribution in [0, 0.1) is 5.92 Å². The molecule has 3 fully saturated rings. The lowest BCUT2D eigenvalue weighted by atomic mass is 9.91. The number of urea groups is 1. The summed E-state index contributed by atoms with van der Waals surface area (Å²) in [7, 11) is 0. The van der Waals surface area contributed by atoms with Crippen molar-refractivity contribution in [2.45, 2.75) is 31.0 Å². The van der Waals surface area contributed by atoms with E-state index in [1.54, 1.807) is 17.0 Å². The Bertz CT molecular complexity index is 959. The topological polar surface area (TPSA) is 122 Å². The van der Waals surface area contributed by atoms with Crippen LogP contribution in [0.4, 0.5) is 4.79 Å². The first kappa shape index (κ1) is 20.8. The summed E-state index contributed by atoms with van der Waals surface area (Å²) in [5.74, 6) is 0.614. The number of benzene rings is 1. The Morgan fingerprint density at radius 1 is 1.23 bits per heavy atom. The Morgan fingerprint density at radius 2 is 2.00 bits per heavy atom. The van der Waals surface area contributed by atoms with E-state index in [0.717, 1.165) is 25.9 Å². The van der Waals surface area contributed by atoms with Crippen LogP contribution in [0.15, 0.2) is 22.1 Å². The van der Waals surface area contributed by atoms with Crippen molar-refractivity contribution in [1.82, 2.24) is 15.1 Å². The number of nitrogens with two attached hydrogens (primary N) is 2. The van der Waals surface area contributed by atoms with Crippen LogP contribution in [0.3, 0.4) is 0 Å². The van der Waals surface area contributed by atoms with Gasteiger partial charge in [0.05, 0.1) is 22.3 Å². The Hall–Kier alpha value is -2.07. The fourth-order valence-electron chi connectivity index (χ4n) is 4.31. The number of halogens is 2. The second-order valence-corrected chi connectivity index (χ2v) is 9.35. The first-order valence-corrected chi connectivity index (χ1v) is 11.2. The summed E-state index contributed by atoms with van der Waals surface area (Å²) in [6.45, 7) is 2.93. The van der Waals surface area contributed by atoms with Gasteiger partial charge in [0.25, 0.3) is 0 Å². The average Bonchev–Trinajstić information content (AvgIpc) is 3.38. The predicted molar refractivity (Wildman–Crippen MR) is 120 cm³/mol. The molecule has 166 valence electrons. The van der Waals surface area contributed by atoms with Gasteiger partial charge < -0.3 is 26.4 Å². The molecule has 0 bridgehead atoms. The van der Waals surface area contributed by atoms with Crippen LogP contribution >= 0.6 is 23.2 Å². The highest BCUT2D eigenvalue weighted by molar-refractivity contribution is 6.38. The van der Waals surface area contributed by atoms with Crippen LogP contribution in [0.1, 0.15) is 18.4 Å². The van der Waals surface area contributed by atoms with Crippen molar-refractivity contribution in [3.8, 4) is 5.75 Å². The van der Waals surface area contributed by atoms with Crippen molar-refractivity contribution >= 4 is 40.9 Å². The van der Waals surface area contributed by atoms with Gasteiger partial charge in [-0.2, -0.15) is 0 Å². The molecule has 2 amide bonds. The number of hydrogen-bond acceptors (Lipinski definition) is 7. The fourth-order valence-corrected chi connectivity index (χ4v) is 4.88. The first-order valence-electron chi connectivity index (χ1n) is 10.5. The monoisotopic (exact) mass is 465 g/mol. The zero-order valence-corrected chi connectivity index (χ0v) is 18.4. The van der Waals surface area contributed by atoms with Crippen molar-refractivity contribution in [1.29, 1.82) is 0 Å². The Morgan fingerprint density at radius 3 is 2.71 bits per heavy atom. The molecule has 5 N–H and O–H groups in total. The molecule has 3 aliphatic heterocycles. The minimum Gasteiger partial charge on any atom is -0.487 e. The normalized spacial score (nSPS) is 26.1. The molecule has 1 aliphatic carbocycles. The van der Waals surface area contributed by atoms with Gasteiger partial charge in [0.15, 0.2) is 0 Å². The molecule has 4 aliphatic rings. The Balaban J connectivity index is 1.43. The summed E-state index contributed by atoms with van der Waals surface area (Å²) < 4.78 is 6.23. The van der Waals surface area contributed by atoms with Crippen LogP contribution in [0.25, 0.3) is 0 Å². The summed E-state index contributed by atoms with van der Waals surface area (Å²) in [5, 5.41) is 3.95. The van der Waals surface area contributed by atoms with E-state index in [4.69, 9.17) is 39.4 Å². The lowest BCUT2D eigenvalue weighted by Gasteiger charge is -2.38. The molecule has 5 rings (SSSR count). The van der Waals surface area contributed by atoms with Crippen molar-refractivity contribution in [3.05, 3.63) is 27.7 Å². The van der Waals surface area contributed by atoms with E-state index >= 15 is 0 Å². The standard InChI is InChI=1S/C20H25Cl2N7O2/c21-10-3-14(22)17(16(4-10)31-12-5-28(6-12)9-23)18-13-7-29(20(30)25-11-1-2-11)8-15(13)26-19(24)27-18/h3-4,11-13,15H,1-2,5-9,23H2,(H2,24,26)(H,25,30). The number of guanidine groups is 1. The number of carbonyl (C=O) groups is 1. The van der Waals surface area contributed by atoms with Crippen molar-refractivity contribution in [3.63, 3.8) is 0 Å². The highest BCUT2D eigenvalue weighted by Crippen LogP contribution is 2.38. The molecule has 2 unspecified atom stereocenters. The van der Waals surface area contributed by atoms with Gasteiger partial charge in [-0.3, -0.25) is 4.90 Å². The number of nitrogens with zero attached hydrogens (tertiary/aromatic N) is 4. The average molecular weight is 466 g/mol. The van der Waals surface area contributed by atoms with E-state index in [0.29, 0.717) is 46.8 Å². The maximum atomic E-state index is 12.6. The van der Waals surface area contributed by atoms with Crippen LogP contribution in [0.5, 0.6) is 5.75 Å². The summed E-state index contributed by atoms with van der Waals surface area (Å²) in [6, 6.07) is 3.47. The number of amides is 2. The van der Waals surface area contributed by atoms with Crippen molar-refractivity contribution < 1.29 is 9.53 Å². The van der Waals surface area contributed by atoms with Gasteiger partial charge in [-0.05, 0) is 25.0 Å². The number of fused-ring (bicyclic) bond motifs is 1. The summed E-state index contributed by atoms with van der Waals surface area (Å²) in [4.78, 5) is 25.5. The number of hydrogen-bond donors (Lipinski definition) is 3. The second kappa shape index (κ2) is 8.12. The number of nitrogens with one attached hydrogen (secondary N) is 1. The highest BCUT2D eigenvalue weighted by Gasteiger charge is 2.43. The summed E-state index contributed by atoms with van der Waals surface area (Å²) in [5.41, 5.74) is 13.1. The summed E-state index contributed by atoms with van der Waals surface area (Å²) in [6.07, 6.45) is 2.06. The van der Waals surface area contributed by atoms with Gasteiger partial charge in [-0.15, -0.1) is 0 Å². The van der Waals surface area contributed by atoms with Gasteiger partial charge in [-0.25, -0.2) is 14.8 Å². The zero-order valence-electron chi connectivity index (χ0n) is 16.9. The van der Waals surface area contributed by atoms with E-state index in [1.807, 2.05) is 0 Å². The largest absolute Gasteiger partial charge is 0.487 e. The smallest absolute Gasteiger partial charge is 0.317 e. The van der Waals surface area contributed by atoms with Crippen molar-refractivity contribution in [2.75, 3.05) is 32.8 Å². The van der Waals surface area contributed by atoms with Gasteiger partial charge in [0.2, 0.25) is 5.96 Å². The van der Waals surface area contributed by atoms with E-state index in [-0.39, 0.29) is 36.1 Å². The van der Waals surface area contributed by atoms with Crippen LogP contribution in [-0.2, 0) is 0 Å². The number of likely N-dealkylation sites (tertiary alicyclic amines) is 2. The van der Waals surface area contributed by atoms with Gasteiger partial charge >= 0.3 is 6.03 Å². The number of carbonyl (C=O) groups excluding carboxylic acids is 1. The van der Waals surface area contributed by atoms with Crippen LogP contribution < -0.4 is 21.5 Å². The molecule has 0 radical (unpaired) electrons. The molecule has 1 saturated carbocycles. The second-order valence-electron chi connectivity index (χ2n) is 8.51. The molecule has 11 heteroatoms. The molecule has 0 aromatic heterocycles. The lowest BCUT2D eigenvalue weighted by Crippen LogP contribution is -2.55. The van der Waals surface area contributed by atoms with E-state index in [9.17, 15) is 4.79 Å². The third-order valence-corrected chi connectivity index (χ3v) is 6.63. The number of ether oxygens (including phenoxy) is 1. The minimum absolute atomic E-state index is 0.00719. The summed E-state index contributed by atoms with van der Waals surface area (Å²) >= 11 is 12.9. The quantitative estimate of drug-likeness (QED) is 0.604. The molecular formula is C20H25Cl2N7O2. The van der Waals surface area contributed by atoms with Gasteiger partial charge in [-0.1, -0.05) is 23.2 Å². The molecule has 0 spiro atoms. The van der Waals surface area contributed by atoms with E-state index in [1.165, 1.54) is 0 Å². The fraction of sp³-hybridized carbons (Fsp3) is 0.550. The molecule has 9 nitrogen and oxygen atoms in total. The van der Waals surface area contributed by atoms with Crippen LogP contribution in [0.2, 0.25) is 10.0 Å². The molecule has 2 saturated heterocycles. The molecule has 3 heterocycles. The zero-order chi connectivity index (χ0) is 21.7. The molecular weight excluding hydrogens is 441 g/mol. The third kappa shape index (κ3) is 4.19. The third-order valence-electron chi connectivity index (χ3n) is 6.12. The number of rotatable bonds is 5. The molecule has 2 atom stereocenters. The van der Waals surface area contributed by atoms with Crippen molar-refractivity contribution in [2.24, 2.45) is 27.4 Å². The maximum Gasteiger partial charge on any atom is 0.317 e. The highest BCUT2D eigenvalue weighted by atomic mass is 35.5. The minimum atomic E-state index is -0.173. The molecule has 31 heavy (non-hydrogen) atoms. The first-order chi connectivity index (χ1) is 14.9. The van der Waals surface area contributed by atoms with Gasteiger partial charge in [0, 0.05) is 49.8 Å². The number of aliphatic imine (C=N–C) groups is 2. The maximum absolute atomic E-state index is 12.6. The Kier molecular flexibility index (Phi) is 5.45. The lowest BCUT2D eigenvalue weighted by molar-refractivity contribution is 0.0217. The SMILES string of the molecule is NCN1CC(Oc2cc(Cl)cc(Cl)c2C2=NC(N)=NC3CN(C(=O)NC4CC4)CC23)C1. The van der Waals surface area contributed by atoms with Crippen LogP contribution in [-0.4, -0.2) is 78.5 Å².